The van der Waals surface area contributed by atoms with E-state index in [1.165, 1.54) is 27.7 Å². The van der Waals surface area contributed by atoms with Gasteiger partial charge in [0.2, 0.25) is 5.91 Å². The highest BCUT2D eigenvalue weighted by molar-refractivity contribution is 7.99. The van der Waals surface area contributed by atoms with Gasteiger partial charge in [0.05, 0.1) is 17.2 Å². The topological polar surface area (TPSA) is 64.0 Å². The molecular formula is C19H20ClN3O2S2. The first kappa shape index (κ1) is 19.9. The zero-order valence-electron chi connectivity index (χ0n) is 15.5. The number of carbonyl (C=O) groups excluding carboxylic acids is 1. The predicted molar refractivity (Wildman–Crippen MR) is 113 cm³/mol. The molecule has 0 saturated heterocycles. The van der Waals surface area contributed by atoms with E-state index in [0.29, 0.717) is 15.6 Å². The number of benzene rings is 1. The first-order valence-corrected chi connectivity index (χ1v) is 10.6. The second-order valence-electron chi connectivity index (χ2n) is 6.35. The van der Waals surface area contributed by atoms with Gasteiger partial charge in [-0.3, -0.25) is 14.2 Å². The zero-order valence-corrected chi connectivity index (χ0v) is 17.9. The number of hydrogen-bond donors (Lipinski definition) is 1. The van der Waals surface area contributed by atoms with Crippen molar-refractivity contribution in [1.82, 2.24) is 14.9 Å². The summed E-state index contributed by atoms with van der Waals surface area (Å²) in [6.07, 6.45) is 0. The molecule has 0 saturated carbocycles. The normalized spacial score (nSPS) is 12.3. The summed E-state index contributed by atoms with van der Waals surface area (Å²) in [5, 5.41) is 4.83. The van der Waals surface area contributed by atoms with Crippen LogP contribution < -0.4 is 10.9 Å². The van der Waals surface area contributed by atoms with Crippen LogP contribution in [0.4, 0.5) is 0 Å². The second-order valence-corrected chi connectivity index (χ2v) is 8.93. The number of thiophene rings is 1. The van der Waals surface area contributed by atoms with Crippen LogP contribution in [0.25, 0.3) is 10.2 Å². The molecule has 142 valence electrons. The maximum Gasteiger partial charge on any atom is 0.262 e. The van der Waals surface area contributed by atoms with E-state index in [2.05, 4.69) is 10.3 Å². The number of hydrogen-bond acceptors (Lipinski definition) is 5. The van der Waals surface area contributed by atoms with Crippen molar-refractivity contribution < 1.29 is 4.79 Å². The van der Waals surface area contributed by atoms with Crippen molar-refractivity contribution in [1.29, 1.82) is 0 Å². The minimum absolute atomic E-state index is 0.0701. The molecule has 0 fully saturated rings. The maximum absolute atomic E-state index is 12.6. The number of aromatic nitrogens is 2. The fraction of sp³-hybridized carbons (Fsp3) is 0.316. The number of nitrogens with zero attached hydrogens (tertiary/aromatic N) is 2. The monoisotopic (exact) mass is 421 g/mol. The average molecular weight is 422 g/mol. The third-order valence-electron chi connectivity index (χ3n) is 4.45. The molecule has 0 aliphatic carbocycles. The molecule has 0 bridgehead atoms. The molecule has 1 aromatic carbocycles. The summed E-state index contributed by atoms with van der Waals surface area (Å²) in [5.41, 5.74) is 1.89. The lowest BCUT2D eigenvalue weighted by Crippen LogP contribution is -2.28. The molecule has 2 aromatic heterocycles. The molecule has 1 amide bonds. The van der Waals surface area contributed by atoms with Crippen LogP contribution in [0.3, 0.4) is 0 Å². The molecule has 3 aromatic rings. The van der Waals surface area contributed by atoms with Crippen molar-refractivity contribution in [2.45, 2.75) is 32.0 Å². The lowest BCUT2D eigenvalue weighted by molar-refractivity contribution is -0.119. The Balaban J connectivity index is 1.71. The third-order valence-corrected chi connectivity index (χ3v) is 6.83. The van der Waals surface area contributed by atoms with Gasteiger partial charge in [-0.1, -0.05) is 35.5 Å². The standard InChI is InChI=1S/C19H20ClN3O2S2/c1-10-12(3)27-17-16(10)18(25)23(4)19(22-17)26-9-15(24)21-11(2)13-5-7-14(20)8-6-13/h5-8,11H,9H2,1-4H3,(H,21,24). The van der Waals surface area contributed by atoms with Gasteiger partial charge in [-0.25, -0.2) is 4.98 Å². The number of halogens is 1. The van der Waals surface area contributed by atoms with Crippen LogP contribution in [0, 0.1) is 13.8 Å². The Morgan fingerprint density at radius 3 is 2.67 bits per heavy atom. The van der Waals surface area contributed by atoms with Gasteiger partial charge in [0.1, 0.15) is 4.83 Å². The maximum atomic E-state index is 12.6. The van der Waals surface area contributed by atoms with E-state index in [1.54, 1.807) is 19.2 Å². The molecule has 3 rings (SSSR count). The Hall–Kier alpha value is -1.83. The number of fused-ring (bicyclic) bond motifs is 1. The summed E-state index contributed by atoms with van der Waals surface area (Å²) in [7, 11) is 1.69. The Labute approximate surface area is 170 Å². The van der Waals surface area contributed by atoms with Gasteiger partial charge in [-0.2, -0.15) is 0 Å². The van der Waals surface area contributed by atoms with Crippen LogP contribution in [-0.2, 0) is 11.8 Å². The van der Waals surface area contributed by atoms with E-state index in [4.69, 9.17) is 11.6 Å². The van der Waals surface area contributed by atoms with Gasteiger partial charge in [0.15, 0.2) is 5.16 Å². The molecule has 5 nitrogen and oxygen atoms in total. The number of nitrogens with one attached hydrogen (secondary N) is 1. The van der Waals surface area contributed by atoms with Crippen molar-refractivity contribution in [2.24, 2.45) is 7.05 Å². The van der Waals surface area contributed by atoms with Gasteiger partial charge in [0, 0.05) is 16.9 Å². The van der Waals surface area contributed by atoms with Crippen molar-refractivity contribution in [3.63, 3.8) is 0 Å². The summed E-state index contributed by atoms with van der Waals surface area (Å²) in [4.78, 5) is 31.3. The molecule has 2 heterocycles. The summed E-state index contributed by atoms with van der Waals surface area (Å²) in [6.45, 7) is 5.85. The molecule has 8 heteroatoms. The van der Waals surface area contributed by atoms with E-state index < -0.39 is 0 Å². The number of thioether (sulfide) groups is 1. The van der Waals surface area contributed by atoms with Crippen LogP contribution in [0.2, 0.25) is 5.02 Å². The Bertz CT molecular complexity index is 1060. The average Bonchev–Trinajstić information content (AvgIpc) is 2.91. The molecule has 0 aliphatic rings. The molecule has 1 unspecified atom stereocenters. The van der Waals surface area contributed by atoms with Crippen LogP contribution in [0.15, 0.2) is 34.2 Å². The van der Waals surface area contributed by atoms with Gasteiger partial charge >= 0.3 is 0 Å². The molecular weight excluding hydrogens is 402 g/mol. The molecule has 1 atom stereocenters. The van der Waals surface area contributed by atoms with Crippen LogP contribution in [-0.4, -0.2) is 21.2 Å². The third kappa shape index (κ3) is 4.20. The van der Waals surface area contributed by atoms with Crippen LogP contribution in [0.1, 0.15) is 29.0 Å². The van der Waals surface area contributed by atoms with Crippen molar-refractivity contribution in [3.8, 4) is 0 Å². The number of aryl methyl sites for hydroxylation is 2. The Morgan fingerprint density at radius 2 is 2.00 bits per heavy atom. The van der Waals surface area contributed by atoms with Crippen molar-refractivity contribution in [2.75, 3.05) is 5.75 Å². The summed E-state index contributed by atoms with van der Waals surface area (Å²) >= 11 is 8.67. The first-order valence-electron chi connectivity index (χ1n) is 8.42. The van der Waals surface area contributed by atoms with Gasteiger partial charge in [-0.05, 0) is 44.0 Å². The Morgan fingerprint density at radius 1 is 1.33 bits per heavy atom. The van der Waals surface area contributed by atoms with Gasteiger partial charge < -0.3 is 5.32 Å². The number of amides is 1. The van der Waals surface area contributed by atoms with Crippen molar-refractivity contribution >= 4 is 50.8 Å². The molecule has 27 heavy (non-hydrogen) atoms. The van der Waals surface area contributed by atoms with E-state index >= 15 is 0 Å². The molecule has 1 N–H and O–H groups in total. The lowest BCUT2D eigenvalue weighted by atomic mass is 10.1. The highest BCUT2D eigenvalue weighted by Crippen LogP contribution is 2.28. The minimum atomic E-state index is -0.128. The molecule has 0 aliphatic heterocycles. The summed E-state index contributed by atoms with van der Waals surface area (Å²) < 4.78 is 1.52. The van der Waals surface area contributed by atoms with E-state index in [-0.39, 0.29) is 23.3 Å². The predicted octanol–water partition coefficient (Wildman–Crippen LogP) is 4.23. The SMILES string of the molecule is Cc1sc2nc(SCC(=O)NC(C)c3ccc(Cl)cc3)n(C)c(=O)c2c1C. The fourth-order valence-electron chi connectivity index (χ4n) is 2.73. The van der Waals surface area contributed by atoms with E-state index in [0.717, 1.165) is 20.8 Å². The highest BCUT2D eigenvalue weighted by atomic mass is 35.5. The molecule has 0 radical (unpaired) electrons. The summed E-state index contributed by atoms with van der Waals surface area (Å²) in [6, 6.07) is 7.25. The van der Waals surface area contributed by atoms with Gasteiger partial charge in [0.25, 0.3) is 5.56 Å². The zero-order chi connectivity index (χ0) is 19.7. The highest BCUT2D eigenvalue weighted by Gasteiger charge is 2.16. The van der Waals surface area contributed by atoms with E-state index in [9.17, 15) is 9.59 Å². The van der Waals surface area contributed by atoms with E-state index in [1.807, 2.05) is 32.9 Å². The van der Waals surface area contributed by atoms with Crippen LogP contribution in [0.5, 0.6) is 0 Å². The van der Waals surface area contributed by atoms with Crippen LogP contribution >= 0.6 is 34.7 Å². The number of carbonyl (C=O) groups is 1. The Kier molecular flexibility index (Phi) is 5.93. The lowest BCUT2D eigenvalue weighted by Gasteiger charge is -2.14. The molecule has 0 spiro atoms. The summed E-state index contributed by atoms with van der Waals surface area (Å²) in [5.74, 6) is 0.0721. The minimum Gasteiger partial charge on any atom is -0.349 e. The smallest absolute Gasteiger partial charge is 0.262 e. The van der Waals surface area contributed by atoms with Crippen molar-refractivity contribution in [3.05, 3.63) is 55.6 Å². The van der Waals surface area contributed by atoms with Gasteiger partial charge in [-0.15, -0.1) is 11.3 Å². The second kappa shape index (κ2) is 8.04. The largest absolute Gasteiger partial charge is 0.349 e. The quantitative estimate of drug-likeness (QED) is 0.494. The number of rotatable bonds is 5. The fourth-order valence-corrected chi connectivity index (χ4v) is 4.71. The first-order chi connectivity index (χ1) is 12.8.